The molecule has 0 aliphatic rings. The summed E-state index contributed by atoms with van der Waals surface area (Å²) in [5, 5.41) is 2.86. The highest BCUT2D eigenvalue weighted by Gasteiger charge is 1.96. The monoisotopic (exact) mass is 252 g/mol. The minimum Gasteiger partial charge on any atom is -0.352 e. The van der Waals surface area contributed by atoms with Crippen molar-refractivity contribution in [2.45, 2.75) is 6.42 Å². The minimum absolute atomic E-state index is 0.0714. The van der Waals surface area contributed by atoms with Crippen LogP contribution in [0.2, 0.25) is 0 Å². The zero-order chi connectivity index (χ0) is 13.3. The van der Waals surface area contributed by atoms with E-state index in [4.69, 9.17) is 0 Å². The van der Waals surface area contributed by atoms with Gasteiger partial charge in [0.05, 0.1) is 0 Å². The van der Waals surface area contributed by atoms with Crippen LogP contribution in [0.4, 0.5) is 0 Å². The smallest absolute Gasteiger partial charge is 0.244 e. The zero-order valence-electron chi connectivity index (χ0n) is 10.6. The van der Waals surface area contributed by atoms with Gasteiger partial charge < -0.3 is 5.32 Å². The van der Waals surface area contributed by atoms with Gasteiger partial charge in [-0.25, -0.2) is 0 Å². The van der Waals surface area contributed by atoms with Gasteiger partial charge in [-0.2, -0.15) is 0 Å². The molecule has 0 radical (unpaired) electrons. The maximum Gasteiger partial charge on any atom is 0.244 e. The first-order valence-corrected chi connectivity index (χ1v) is 6.24. The molecule has 1 aromatic heterocycles. The maximum atomic E-state index is 11.6. The molecule has 96 valence electrons. The molecule has 1 heterocycles. The molecule has 0 atom stereocenters. The van der Waals surface area contributed by atoms with Gasteiger partial charge in [0.25, 0.3) is 0 Å². The topological polar surface area (TPSA) is 42.0 Å². The van der Waals surface area contributed by atoms with E-state index in [0.29, 0.717) is 6.54 Å². The third-order valence-corrected chi connectivity index (χ3v) is 2.69. The molecule has 0 bridgehead atoms. The molecule has 0 fully saturated rings. The van der Waals surface area contributed by atoms with E-state index in [1.807, 2.05) is 48.5 Å². The molecule has 3 nitrogen and oxygen atoms in total. The van der Waals surface area contributed by atoms with E-state index < -0.39 is 0 Å². The van der Waals surface area contributed by atoms with Crippen LogP contribution in [-0.2, 0) is 11.2 Å². The summed E-state index contributed by atoms with van der Waals surface area (Å²) >= 11 is 0. The van der Waals surface area contributed by atoms with E-state index in [9.17, 15) is 4.79 Å². The zero-order valence-corrected chi connectivity index (χ0v) is 10.6. The standard InChI is InChI=1S/C16H16N2O/c19-16(7-6-14-4-2-1-3-5-14)18-13-10-15-8-11-17-12-9-15/h1-9,11-12H,10,13H2,(H,18,19)/b7-6+. The van der Waals surface area contributed by atoms with Gasteiger partial charge in [-0.1, -0.05) is 30.3 Å². The third-order valence-electron chi connectivity index (χ3n) is 2.69. The van der Waals surface area contributed by atoms with Crippen molar-refractivity contribution in [3.05, 3.63) is 72.1 Å². The molecule has 0 spiro atoms. The van der Waals surface area contributed by atoms with E-state index in [1.54, 1.807) is 18.5 Å². The van der Waals surface area contributed by atoms with Gasteiger partial charge in [0.2, 0.25) is 5.91 Å². The van der Waals surface area contributed by atoms with Crippen LogP contribution in [-0.4, -0.2) is 17.4 Å². The van der Waals surface area contributed by atoms with E-state index in [1.165, 1.54) is 5.56 Å². The first-order valence-electron chi connectivity index (χ1n) is 6.24. The average molecular weight is 252 g/mol. The summed E-state index contributed by atoms with van der Waals surface area (Å²) in [6, 6.07) is 13.7. The third kappa shape index (κ3) is 4.76. The Morgan fingerprint density at radius 1 is 1.11 bits per heavy atom. The Balaban J connectivity index is 1.75. The Labute approximate surface area is 113 Å². The molecule has 0 unspecified atom stereocenters. The summed E-state index contributed by atoms with van der Waals surface area (Å²) in [6.07, 6.45) is 7.69. The quantitative estimate of drug-likeness (QED) is 0.830. The van der Waals surface area contributed by atoms with Crippen LogP contribution < -0.4 is 5.32 Å². The molecule has 2 rings (SSSR count). The highest BCUT2D eigenvalue weighted by molar-refractivity contribution is 5.91. The summed E-state index contributed by atoms with van der Waals surface area (Å²) in [4.78, 5) is 15.5. The first-order chi connectivity index (χ1) is 9.34. The van der Waals surface area contributed by atoms with Gasteiger partial charge in [0.15, 0.2) is 0 Å². The van der Waals surface area contributed by atoms with Gasteiger partial charge in [0, 0.05) is 25.0 Å². The van der Waals surface area contributed by atoms with Crippen LogP contribution in [0.15, 0.2) is 60.9 Å². The molecular formula is C16H16N2O. The van der Waals surface area contributed by atoms with E-state index in [0.717, 1.165) is 12.0 Å². The first kappa shape index (κ1) is 13.0. The van der Waals surface area contributed by atoms with Crippen LogP contribution in [0.3, 0.4) is 0 Å². The van der Waals surface area contributed by atoms with Crippen LogP contribution in [0.25, 0.3) is 6.08 Å². The summed E-state index contributed by atoms with van der Waals surface area (Å²) in [7, 11) is 0. The fourth-order valence-corrected chi connectivity index (χ4v) is 1.67. The second-order valence-corrected chi connectivity index (χ2v) is 4.14. The number of hydrogen-bond donors (Lipinski definition) is 1. The number of benzene rings is 1. The lowest BCUT2D eigenvalue weighted by molar-refractivity contribution is -0.116. The summed E-state index contributed by atoms with van der Waals surface area (Å²) < 4.78 is 0. The summed E-state index contributed by atoms with van der Waals surface area (Å²) in [6.45, 7) is 0.627. The lowest BCUT2D eigenvalue weighted by Crippen LogP contribution is -2.23. The van der Waals surface area contributed by atoms with Crippen molar-refractivity contribution in [2.75, 3.05) is 6.54 Å². The molecular weight excluding hydrogens is 236 g/mol. The second kappa shape index (κ2) is 7.11. The van der Waals surface area contributed by atoms with Gasteiger partial charge in [-0.3, -0.25) is 9.78 Å². The lowest BCUT2D eigenvalue weighted by Gasteiger charge is -2.02. The van der Waals surface area contributed by atoms with Crippen molar-refractivity contribution in [2.24, 2.45) is 0 Å². The Morgan fingerprint density at radius 3 is 2.58 bits per heavy atom. The SMILES string of the molecule is O=C(/C=C/c1ccccc1)NCCc1ccncc1. The Bertz CT molecular complexity index is 535. The molecule has 0 saturated carbocycles. The Hall–Kier alpha value is -2.42. The molecule has 0 saturated heterocycles. The molecule has 19 heavy (non-hydrogen) atoms. The largest absolute Gasteiger partial charge is 0.352 e. The molecule has 0 aliphatic heterocycles. The highest BCUT2D eigenvalue weighted by Crippen LogP contribution is 2.00. The van der Waals surface area contributed by atoms with E-state index in [-0.39, 0.29) is 5.91 Å². The van der Waals surface area contributed by atoms with Gasteiger partial charge >= 0.3 is 0 Å². The van der Waals surface area contributed by atoms with Crippen LogP contribution in [0.1, 0.15) is 11.1 Å². The van der Waals surface area contributed by atoms with Gasteiger partial charge in [-0.05, 0) is 35.8 Å². The molecule has 3 heteroatoms. The number of pyridine rings is 1. The van der Waals surface area contributed by atoms with E-state index >= 15 is 0 Å². The maximum absolute atomic E-state index is 11.6. The van der Waals surface area contributed by atoms with Crippen LogP contribution in [0.5, 0.6) is 0 Å². The molecule has 1 aromatic carbocycles. The van der Waals surface area contributed by atoms with Crippen molar-refractivity contribution in [3.8, 4) is 0 Å². The molecule has 1 amide bonds. The molecule has 0 aliphatic carbocycles. The van der Waals surface area contributed by atoms with Crippen molar-refractivity contribution in [1.29, 1.82) is 0 Å². The normalized spacial score (nSPS) is 10.5. The molecule has 2 aromatic rings. The van der Waals surface area contributed by atoms with Gasteiger partial charge in [0.1, 0.15) is 0 Å². The number of carbonyl (C=O) groups is 1. The lowest BCUT2D eigenvalue weighted by atomic mass is 10.2. The van der Waals surface area contributed by atoms with Crippen LogP contribution >= 0.6 is 0 Å². The van der Waals surface area contributed by atoms with Crippen molar-refractivity contribution in [1.82, 2.24) is 10.3 Å². The van der Waals surface area contributed by atoms with Crippen molar-refractivity contribution in [3.63, 3.8) is 0 Å². The van der Waals surface area contributed by atoms with Crippen LogP contribution in [0, 0.1) is 0 Å². The van der Waals surface area contributed by atoms with Gasteiger partial charge in [-0.15, -0.1) is 0 Å². The average Bonchev–Trinajstić information content (AvgIpc) is 2.47. The Kier molecular flexibility index (Phi) is 4.87. The number of hydrogen-bond acceptors (Lipinski definition) is 2. The minimum atomic E-state index is -0.0714. The highest BCUT2D eigenvalue weighted by atomic mass is 16.1. The fraction of sp³-hybridized carbons (Fsp3) is 0.125. The number of amides is 1. The van der Waals surface area contributed by atoms with Crippen molar-refractivity contribution < 1.29 is 4.79 Å². The summed E-state index contributed by atoms with van der Waals surface area (Å²) in [5.41, 5.74) is 2.19. The predicted octanol–water partition coefficient (Wildman–Crippen LogP) is 2.45. The number of nitrogens with one attached hydrogen (secondary N) is 1. The second-order valence-electron chi connectivity index (χ2n) is 4.14. The number of rotatable bonds is 5. The number of aromatic nitrogens is 1. The Morgan fingerprint density at radius 2 is 1.84 bits per heavy atom. The predicted molar refractivity (Wildman–Crippen MR) is 76.4 cm³/mol. The van der Waals surface area contributed by atoms with E-state index in [2.05, 4.69) is 10.3 Å². The number of carbonyl (C=O) groups excluding carboxylic acids is 1. The molecule has 1 N–H and O–H groups in total. The number of nitrogens with zero attached hydrogens (tertiary/aromatic N) is 1. The summed E-state index contributed by atoms with van der Waals surface area (Å²) in [5.74, 6) is -0.0714. The fourth-order valence-electron chi connectivity index (χ4n) is 1.67. The van der Waals surface area contributed by atoms with Crippen molar-refractivity contribution >= 4 is 12.0 Å².